The summed E-state index contributed by atoms with van der Waals surface area (Å²) in [6.07, 6.45) is 1.25. The first kappa shape index (κ1) is 16.2. The van der Waals surface area contributed by atoms with E-state index in [1.807, 2.05) is 37.4 Å². The summed E-state index contributed by atoms with van der Waals surface area (Å²) in [6, 6.07) is 15.7. The van der Waals surface area contributed by atoms with Gasteiger partial charge in [0.05, 0.1) is 6.04 Å². The van der Waals surface area contributed by atoms with E-state index in [1.54, 1.807) is 12.1 Å². The molecule has 2 N–H and O–H groups in total. The van der Waals surface area contributed by atoms with Gasteiger partial charge in [0.2, 0.25) is 5.91 Å². The fourth-order valence-electron chi connectivity index (χ4n) is 2.32. The van der Waals surface area contributed by atoms with E-state index in [2.05, 4.69) is 10.6 Å². The van der Waals surface area contributed by atoms with Crippen LogP contribution in [0.25, 0.3) is 0 Å². The minimum Gasteiger partial charge on any atom is -0.345 e. The highest BCUT2D eigenvalue weighted by atomic mass is 19.1. The molecule has 0 aromatic heterocycles. The van der Waals surface area contributed by atoms with Crippen molar-refractivity contribution in [2.45, 2.75) is 18.9 Å². The molecular formula is C18H21FN2O. The summed E-state index contributed by atoms with van der Waals surface area (Å²) in [5, 5.41) is 6.06. The van der Waals surface area contributed by atoms with Gasteiger partial charge in [0, 0.05) is 6.42 Å². The number of carbonyl (C=O) groups excluding carboxylic acids is 1. The van der Waals surface area contributed by atoms with Gasteiger partial charge in [-0.05, 0) is 43.3 Å². The van der Waals surface area contributed by atoms with Crippen LogP contribution in [0.2, 0.25) is 0 Å². The maximum absolute atomic E-state index is 13.1. The first-order valence-electron chi connectivity index (χ1n) is 7.45. The minimum atomic E-state index is -0.282. The Labute approximate surface area is 130 Å². The van der Waals surface area contributed by atoms with Gasteiger partial charge in [0.25, 0.3) is 0 Å². The molecule has 2 aromatic rings. The molecule has 0 heterocycles. The topological polar surface area (TPSA) is 41.1 Å². The molecule has 2 aromatic carbocycles. The first-order valence-corrected chi connectivity index (χ1v) is 7.45. The van der Waals surface area contributed by atoms with Crippen LogP contribution in [0.3, 0.4) is 0 Å². The second kappa shape index (κ2) is 8.29. The van der Waals surface area contributed by atoms with Gasteiger partial charge < -0.3 is 10.6 Å². The maximum atomic E-state index is 13.1. The third-order valence-corrected chi connectivity index (χ3v) is 3.47. The number of hydrogen-bond acceptors (Lipinski definition) is 2. The molecule has 0 spiro atoms. The largest absolute Gasteiger partial charge is 0.345 e. The molecule has 2 rings (SSSR count). The fourth-order valence-corrected chi connectivity index (χ4v) is 2.32. The Hall–Kier alpha value is -2.20. The molecule has 4 heteroatoms. The monoisotopic (exact) mass is 300 g/mol. The fraction of sp³-hybridized carbons (Fsp3) is 0.278. The molecule has 3 nitrogen and oxygen atoms in total. The Bertz CT molecular complexity index is 584. The summed E-state index contributed by atoms with van der Waals surface area (Å²) in [6.45, 7) is 0.806. The maximum Gasteiger partial charge on any atom is 0.220 e. The number of amides is 1. The summed E-state index contributed by atoms with van der Waals surface area (Å²) in [4.78, 5) is 12.1. The van der Waals surface area contributed by atoms with Crippen LogP contribution in [-0.2, 0) is 4.79 Å². The standard InChI is InChI=1S/C18H21FN2O/c1-20-13-5-8-17(22)21-18(14-6-3-2-4-7-14)15-9-11-16(19)12-10-15/h2-4,6-7,9-12,18,20H,5,8,13H2,1H3,(H,21,22). The Morgan fingerprint density at radius 3 is 2.32 bits per heavy atom. The number of benzene rings is 2. The average Bonchev–Trinajstić information content (AvgIpc) is 2.55. The van der Waals surface area contributed by atoms with E-state index in [4.69, 9.17) is 0 Å². The summed E-state index contributed by atoms with van der Waals surface area (Å²) >= 11 is 0. The van der Waals surface area contributed by atoms with Crippen molar-refractivity contribution >= 4 is 5.91 Å². The van der Waals surface area contributed by atoms with Crippen molar-refractivity contribution in [2.75, 3.05) is 13.6 Å². The summed E-state index contributed by atoms with van der Waals surface area (Å²) in [5.41, 5.74) is 1.85. The zero-order valence-electron chi connectivity index (χ0n) is 12.7. The first-order chi connectivity index (χ1) is 10.7. The lowest BCUT2D eigenvalue weighted by atomic mass is 9.98. The highest BCUT2D eigenvalue weighted by Gasteiger charge is 2.16. The van der Waals surface area contributed by atoms with Crippen molar-refractivity contribution in [3.05, 3.63) is 71.5 Å². The van der Waals surface area contributed by atoms with Gasteiger partial charge in [-0.25, -0.2) is 4.39 Å². The van der Waals surface area contributed by atoms with Crippen LogP contribution in [0.5, 0.6) is 0 Å². The van der Waals surface area contributed by atoms with Crippen LogP contribution in [0.15, 0.2) is 54.6 Å². The Morgan fingerprint density at radius 1 is 1.05 bits per heavy atom. The normalized spacial score (nSPS) is 11.9. The van der Waals surface area contributed by atoms with Gasteiger partial charge in [-0.2, -0.15) is 0 Å². The van der Waals surface area contributed by atoms with Crippen LogP contribution in [-0.4, -0.2) is 19.5 Å². The van der Waals surface area contributed by atoms with Gasteiger partial charge in [-0.15, -0.1) is 0 Å². The van der Waals surface area contributed by atoms with Crippen LogP contribution in [0.1, 0.15) is 30.0 Å². The van der Waals surface area contributed by atoms with Crippen molar-refractivity contribution in [1.29, 1.82) is 0 Å². The van der Waals surface area contributed by atoms with E-state index in [0.29, 0.717) is 6.42 Å². The van der Waals surface area contributed by atoms with Crippen molar-refractivity contribution < 1.29 is 9.18 Å². The van der Waals surface area contributed by atoms with E-state index in [9.17, 15) is 9.18 Å². The second-order valence-corrected chi connectivity index (χ2v) is 5.17. The molecule has 0 radical (unpaired) electrons. The molecule has 0 bridgehead atoms. The SMILES string of the molecule is CNCCCC(=O)NC(c1ccccc1)c1ccc(F)cc1. The number of nitrogens with one attached hydrogen (secondary N) is 2. The molecule has 0 aliphatic heterocycles. The van der Waals surface area contributed by atoms with Crippen molar-refractivity contribution in [3.63, 3.8) is 0 Å². The van der Waals surface area contributed by atoms with Gasteiger partial charge in [0.15, 0.2) is 0 Å². The van der Waals surface area contributed by atoms with Crippen LogP contribution < -0.4 is 10.6 Å². The summed E-state index contributed by atoms with van der Waals surface area (Å²) in [5.74, 6) is -0.288. The molecule has 0 saturated heterocycles. The quantitative estimate of drug-likeness (QED) is 0.772. The highest BCUT2D eigenvalue weighted by Crippen LogP contribution is 2.22. The molecule has 1 amide bonds. The van der Waals surface area contributed by atoms with Gasteiger partial charge in [-0.3, -0.25) is 4.79 Å². The van der Waals surface area contributed by atoms with Gasteiger partial charge in [-0.1, -0.05) is 42.5 Å². The molecule has 1 unspecified atom stereocenters. The lowest BCUT2D eigenvalue weighted by Gasteiger charge is -2.20. The van der Waals surface area contributed by atoms with Crippen molar-refractivity contribution in [3.8, 4) is 0 Å². The molecule has 0 fully saturated rings. The van der Waals surface area contributed by atoms with E-state index >= 15 is 0 Å². The third kappa shape index (κ3) is 4.67. The highest BCUT2D eigenvalue weighted by molar-refractivity contribution is 5.77. The smallest absolute Gasteiger partial charge is 0.220 e. The van der Waals surface area contributed by atoms with Gasteiger partial charge in [0.1, 0.15) is 5.82 Å². The number of hydrogen-bond donors (Lipinski definition) is 2. The molecule has 1 atom stereocenters. The Morgan fingerprint density at radius 2 is 1.68 bits per heavy atom. The Kier molecular flexibility index (Phi) is 6.10. The summed E-state index contributed by atoms with van der Waals surface area (Å²) < 4.78 is 13.1. The zero-order valence-corrected chi connectivity index (χ0v) is 12.7. The predicted octanol–water partition coefficient (Wildman–Crippen LogP) is 3.03. The lowest BCUT2D eigenvalue weighted by molar-refractivity contribution is -0.121. The van der Waals surface area contributed by atoms with E-state index in [-0.39, 0.29) is 17.8 Å². The number of carbonyl (C=O) groups is 1. The van der Waals surface area contributed by atoms with Crippen molar-refractivity contribution in [1.82, 2.24) is 10.6 Å². The minimum absolute atomic E-state index is 0.00609. The molecule has 116 valence electrons. The van der Waals surface area contributed by atoms with E-state index < -0.39 is 0 Å². The molecule has 0 aliphatic rings. The predicted molar refractivity (Wildman–Crippen MR) is 86.0 cm³/mol. The molecule has 0 aliphatic carbocycles. The van der Waals surface area contributed by atoms with Gasteiger partial charge >= 0.3 is 0 Å². The molecular weight excluding hydrogens is 279 g/mol. The van der Waals surface area contributed by atoms with Crippen LogP contribution in [0, 0.1) is 5.82 Å². The summed E-state index contributed by atoms with van der Waals surface area (Å²) in [7, 11) is 1.86. The van der Waals surface area contributed by atoms with Crippen LogP contribution >= 0.6 is 0 Å². The lowest BCUT2D eigenvalue weighted by Crippen LogP contribution is -2.29. The third-order valence-electron chi connectivity index (χ3n) is 3.47. The molecule has 0 saturated carbocycles. The number of rotatable bonds is 7. The van der Waals surface area contributed by atoms with E-state index in [1.165, 1.54) is 12.1 Å². The Balaban J connectivity index is 2.15. The van der Waals surface area contributed by atoms with E-state index in [0.717, 1.165) is 24.1 Å². The number of halogens is 1. The average molecular weight is 300 g/mol. The zero-order chi connectivity index (χ0) is 15.8. The van der Waals surface area contributed by atoms with Crippen LogP contribution in [0.4, 0.5) is 4.39 Å². The van der Waals surface area contributed by atoms with Crippen molar-refractivity contribution in [2.24, 2.45) is 0 Å². The molecule has 22 heavy (non-hydrogen) atoms. The second-order valence-electron chi connectivity index (χ2n) is 5.17.